The SMILES string of the molecule is O=[N+]([O-])c1ccc(N2CCC[C@@H](CO)C2)nc1. The van der Waals surface area contributed by atoms with Crippen molar-refractivity contribution in [3.63, 3.8) is 0 Å². The van der Waals surface area contributed by atoms with Crippen LogP contribution >= 0.6 is 0 Å². The largest absolute Gasteiger partial charge is 0.396 e. The van der Waals surface area contributed by atoms with Crippen LogP contribution in [-0.2, 0) is 0 Å². The second-order valence-electron chi connectivity index (χ2n) is 4.27. The van der Waals surface area contributed by atoms with Crippen molar-refractivity contribution in [1.29, 1.82) is 0 Å². The molecule has 0 aromatic carbocycles. The first kappa shape index (κ1) is 11.8. The fraction of sp³-hybridized carbons (Fsp3) is 0.545. The second kappa shape index (κ2) is 5.09. The van der Waals surface area contributed by atoms with Crippen molar-refractivity contribution < 1.29 is 10.0 Å². The predicted octanol–water partition coefficient (Wildman–Crippen LogP) is 1.20. The Kier molecular flexibility index (Phi) is 3.53. The van der Waals surface area contributed by atoms with E-state index < -0.39 is 4.92 Å². The highest BCUT2D eigenvalue weighted by molar-refractivity contribution is 5.43. The lowest BCUT2D eigenvalue weighted by atomic mass is 9.99. The molecule has 6 heteroatoms. The molecule has 1 N–H and O–H groups in total. The van der Waals surface area contributed by atoms with Crippen LogP contribution in [0.1, 0.15) is 12.8 Å². The smallest absolute Gasteiger partial charge is 0.287 e. The van der Waals surface area contributed by atoms with Gasteiger partial charge in [0.1, 0.15) is 12.0 Å². The molecular formula is C11H15N3O3. The minimum atomic E-state index is -0.455. The van der Waals surface area contributed by atoms with Gasteiger partial charge in [0.15, 0.2) is 0 Å². The van der Waals surface area contributed by atoms with E-state index in [2.05, 4.69) is 9.88 Å². The molecule has 0 unspecified atom stereocenters. The summed E-state index contributed by atoms with van der Waals surface area (Å²) in [5.41, 5.74) is 0.00414. The molecule has 1 fully saturated rings. The van der Waals surface area contributed by atoms with E-state index in [4.69, 9.17) is 5.11 Å². The van der Waals surface area contributed by atoms with Crippen LogP contribution in [0.2, 0.25) is 0 Å². The average Bonchev–Trinajstić information content (AvgIpc) is 2.39. The van der Waals surface area contributed by atoms with Gasteiger partial charge in [-0.3, -0.25) is 10.1 Å². The first-order chi connectivity index (χ1) is 8.20. The van der Waals surface area contributed by atoms with E-state index >= 15 is 0 Å². The molecule has 1 aliphatic rings. The molecule has 17 heavy (non-hydrogen) atoms. The second-order valence-corrected chi connectivity index (χ2v) is 4.27. The molecular weight excluding hydrogens is 222 g/mol. The van der Waals surface area contributed by atoms with Crippen LogP contribution in [-0.4, -0.2) is 34.7 Å². The van der Waals surface area contributed by atoms with Crippen molar-refractivity contribution >= 4 is 11.5 Å². The van der Waals surface area contributed by atoms with Gasteiger partial charge in [-0.2, -0.15) is 0 Å². The Morgan fingerprint density at radius 3 is 3.00 bits per heavy atom. The van der Waals surface area contributed by atoms with Gasteiger partial charge in [0, 0.05) is 25.8 Å². The highest BCUT2D eigenvalue weighted by Gasteiger charge is 2.20. The molecule has 1 aliphatic heterocycles. The molecule has 92 valence electrons. The monoisotopic (exact) mass is 237 g/mol. The number of aromatic nitrogens is 1. The summed E-state index contributed by atoms with van der Waals surface area (Å²) in [6, 6.07) is 3.13. The number of nitro groups is 1. The van der Waals surface area contributed by atoms with Gasteiger partial charge in [-0.15, -0.1) is 0 Å². The maximum atomic E-state index is 10.5. The van der Waals surface area contributed by atoms with Gasteiger partial charge in [-0.25, -0.2) is 4.98 Å². The number of anilines is 1. The van der Waals surface area contributed by atoms with Crippen molar-refractivity contribution in [3.05, 3.63) is 28.4 Å². The van der Waals surface area contributed by atoms with Crippen LogP contribution < -0.4 is 4.90 Å². The van der Waals surface area contributed by atoms with Crippen molar-refractivity contribution in [3.8, 4) is 0 Å². The van der Waals surface area contributed by atoms with Crippen molar-refractivity contribution in [2.45, 2.75) is 12.8 Å². The number of piperidine rings is 1. The van der Waals surface area contributed by atoms with Gasteiger partial charge in [-0.05, 0) is 24.8 Å². The van der Waals surface area contributed by atoms with Crippen LogP contribution in [0.15, 0.2) is 18.3 Å². The third-order valence-corrected chi connectivity index (χ3v) is 3.04. The third kappa shape index (κ3) is 2.71. The molecule has 0 radical (unpaired) electrons. The summed E-state index contributed by atoms with van der Waals surface area (Å²) in [6.45, 7) is 1.84. The Labute approximate surface area is 99.0 Å². The summed E-state index contributed by atoms with van der Waals surface area (Å²) in [6.07, 6.45) is 3.32. The van der Waals surface area contributed by atoms with Crippen LogP contribution in [0, 0.1) is 16.0 Å². The molecule has 6 nitrogen and oxygen atoms in total. The molecule has 1 atom stereocenters. The Balaban J connectivity index is 2.08. The number of pyridine rings is 1. The van der Waals surface area contributed by atoms with Gasteiger partial charge >= 0.3 is 0 Å². The molecule has 2 heterocycles. The van der Waals surface area contributed by atoms with E-state index in [1.807, 2.05) is 0 Å². The normalized spacial score (nSPS) is 20.3. The summed E-state index contributed by atoms with van der Waals surface area (Å²) in [4.78, 5) is 16.2. The Morgan fingerprint density at radius 1 is 1.59 bits per heavy atom. The van der Waals surface area contributed by atoms with Crippen molar-refractivity contribution in [2.75, 3.05) is 24.6 Å². The fourth-order valence-corrected chi connectivity index (χ4v) is 2.10. The van der Waals surface area contributed by atoms with Crippen molar-refractivity contribution in [2.24, 2.45) is 5.92 Å². The topological polar surface area (TPSA) is 79.5 Å². The Bertz CT molecular complexity index is 393. The van der Waals surface area contributed by atoms with Gasteiger partial charge in [0.05, 0.1) is 4.92 Å². The summed E-state index contributed by atoms with van der Waals surface area (Å²) >= 11 is 0. The van der Waals surface area contributed by atoms with Crippen molar-refractivity contribution in [1.82, 2.24) is 4.98 Å². The minimum Gasteiger partial charge on any atom is -0.396 e. The predicted molar refractivity (Wildman–Crippen MR) is 62.9 cm³/mol. The Morgan fingerprint density at radius 2 is 2.41 bits per heavy atom. The van der Waals surface area contributed by atoms with E-state index in [-0.39, 0.29) is 18.2 Å². The van der Waals surface area contributed by atoms with Gasteiger partial charge in [0.2, 0.25) is 0 Å². The number of aliphatic hydroxyl groups excluding tert-OH is 1. The van der Waals surface area contributed by atoms with Gasteiger partial charge in [-0.1, -0.05) is 0 Å². The minimum absolute atomic E-state index is 0.00414. The summed E-state index contributed by atoms with van der Waals surface area (Å²) in [7, 11) is 0. The standard InChI is InChI=1S/C11H15N3O3/c15-8-9-2-1-5-13(7-9)11-4-3-10(6-12-11)14(16)17/h3-4,6,9,15H,1-2,5,7-8H2/t9-/m1/s1. The van der Waals surface area contributed by atoms with Crippen LogP contribution in [0.4, 0.5) is 11.5 Å². The summed E-state index contributed by atoms with van der Waals surface area (Å²) < 4.78 is 0. The lowest BCUT2D eigenvalue weighted by Gasteiger charge is -2.32. The quantitative estimate of drug-likeness (QED) is 0.631. The summed E-state index contributed by atoms with van der Waals surface area (Å²) in [5.74, 6) is 1.02. The first-order valence-electron chi connectivity index (χ1n) is 5.67. The molecule has 2 rings (SSSR count). The molecule has 1 aromatic rings. The maximum absolute atomic E-state index is 10.5. The number of hydrogen-bond acceptors (Lipinski definition) is 5. The first-order valence-corrected chi connectivity index (χ1v) is 5.67. The van der Waals surface area contributed by atoms with E-state index in [9.17, 15) is 10.1 Å². The van der Waals surface area contributed by atoms with Crippen LogP contribution in [0.5, 0.6) is 0 Å². The molecule has 0 saturated carbocycles. The highest BCUT2D eigenvalue weighted by atomic mass is 16.6. The lowest BCUT2D eigenvalue weighted by molar-refractivity contribution is -0.385. The van der Waals surface area contributed by atoms with Crippen LogP contribution in [0.25, 0.3) is 0 Å². The van der Waals surface area contributed by atoms with E-state index in [0.29, 0.717) is 0 Å². The van der Waals surface area contributed by atoms with Gasteiger partial charge in [0.25, 0.3) is 5.69 Å². The molecule has 0 spiro atoms. The lowest BCUT2D eigenvalue weighted by Crippen LogP contribution is -2.37. The zero-order chi connectivity index (χ0) is 12.3. The number of hydrogen-bond donors (Lipinski definition) is 1. The van der Waals surface area contributed by atoms with Crippen LogP contribution in [0.3, 0.4) is 0 Å². The molecule has 1 saturated heterocycles. The number of rotatable bonds is 3. The number of nitrogens with zero attached hydrogens (tertiary/aromatic N) is 3. The molecule has 0 amide bonds. The average molecular weight is 237 g/mol. The van der Waals surface area contributed by atoms with E-state index in [1.165, 1.54) is 12.3 Å². The zero-order valence-corrected chi connectivity index (χ0v) is 9.45. The Hall–Kier alpha value is -1.69. The molecule has 0 bridgehead atoms. The van der Waals surface area contributed by atoms with E-state index in [0.717, 1.165) is 31.7 Å². The maximum Gasteiger partial charge on any atom is 0.287 e. The molecule has 0 aliphatic carbocycles. The zero-order valence-electron chi connectivity index (χ0n) is 9.45. The molecule has 1 aromatic heterocycles. The fourth-order valence-electron chi connectivity index (χ4n) is 2.10. The van der Waals surface area contributed by atoms with E-state index in [1.54, 1.807) is 6.07 Å². The highest BCUT2D eigenvalue weighted by Crippen LogP contribution is 2.22. The summed E-state index contributed by atoms with van der Waals surface area (Å²) in [5, 5.41) is 19.6. The number of aliphatic hydroxyl groups is 1. The van der Waals surface area contributed by atoms with Gasteiger partial charge < -0.3 is 10.0 Å². The third-order valence-electron chi connectivity index (χ3n) is 3.04.